The second-order valence-electron chi connectivity index (χ2n) is 20.0. The molecule has 0 radical (unpaired) electrons. The van der Waals surface area contributed by atoms with E-state index in [0.29, 0.717) is 0 Å². The minimum absolute atomic E-state index is 0.971. The lowest BCUT2D eigenvalue weighted by Crippen LogP contribution is -2.17. The van der Waals surface area contributed by atoms with Crippen LogP contribution >= 0.6 is 0 Å². The van der Waals surface area contributed by atoms with Gasteiger partial charge in [0.15, 0.2) is 0 Å². The molecule has 4 heteroatoms. The van der Waals surface area contributed by atoms with Gasteiger partial charge in [-0.1, -0.05) is 178 Å². The topological polar surface area (TPSA) is 15.3 Å². The zero-order valence-corrected chi connectivity index (χ0v) is 41.6. The Hall–Kier alpha value is -9.12. The molecule has 0 atom stereocenters. The lowest BCUT2D eigenvalue weighted by molar-refractivity contribution is 0.919. The summed E-state index contributed by atoms with van der Waals surface area (Å²) in [5.41, 5.74) is 22.1. The summed E-state index contributed by atoms with van der Waals surface area (Å²) in [6.45, 7) is 4.46. The minimum atomic E-state index is 0.971. The van der Waals surface area contributed by atoms with Gasteiger partial charge in [-0.3, -0.25) is 0 Å². The maximum Gasteiger partial charge on any atom is 0.0634 e. The molecule has 0 unspecified atom stereocenters. The number of nitrogens with zero attached hydrogens (tertiary/aromatic N) is 4. The fourth-order valence-electron chi connectivity index (χ4n) is 12.9. The molecule has 0 saturated heterocycles. The molecule has 10 aromatic carbocycles. The molecule has 0 N–H and O–H groups in total. The highest BCUT2D eigenvalue weighted by Crippen LogP contribution is 2.56. The fraction of sp³-hybridized carbons (Fsp3) is 0.0857. The number of fused-ring (bicyclic) bond motifs is 12. The Balaban J connectivity index is 1.12. The second-order valence-corrected chi connectivity index (χ2v) is 20.0. The SMILES string of the molecule is CCc1ccc(N(C2=CC=CCC2)c2cccc3c2c2cccc4c5c(-c6ccccc6)c6c(c(-c7ccccc7)c5n3c24)c2cccc3c4c(N(c5ccccc5)c5ccc(CC)cc5)cccc4n6c32)cc1. The van der Waals surface area contributed by atoms with Crippen molar-refractivity contribution in [2.75, 3.05) is 9.80 Å². The number of benzene rings is 10. The number of rotatable bonds is 10. The number of aryl methyl sites for hydroxylation is 2. The quantitative estimate of drug-likeness (QED) is 0.136. The van der Waals surface area contributed by atoms with Crippen LogP contribution in [-0.2, 0) is 12.8 Å². The van der Waals surface area contributed by atoms with Crippen LogP contribution in [0.1, 0.15) is 37.8 Å². The van der Waals surface area contributed by atoms with Crippen molar-refractivity contribution in [1.82, 2.24) is 8.80 Å². The summed E-state index contributed by atoms with van der Waals surface area (Å²) >= 11 is 0. The summed E-state index contributed by atoms with van der Waals surface area (Å²) in [5.74, 6) is 0. The lowest BCUT2D eigenvalue weighted by Gasteiger charge is -2.30. The van der Waals surface area contributed by atoms with Crippen LogP contribution in [0.3, 0.4) is 0 Å². The molecule has 14 aromatic rings. The molecule has 352 valence electrons. The Bertz CT molecular complexity index is 4520. The number of hydrogen-bond donors (Lipinski definition) is 0. The van der Waals surface area contributed by atoms with E-state index in [0.717, 1.165) is 42.7 Å². The van der Waals surface area contributed by atoms with E-state index < -0.39 is 0 Å². The Labute approximate surface area is 430 Å². The summed E-state index contributed by atoms with van der Waals surface area (Å²) in [4.78, 5) is 4.99. The Morgan fingerprint density at radius 3 is 1.26 bits per heavy atom. The molecule has 0 amide bonds. The van der Waals surface area contributed by atoms with E-state index >= 15 is 0 Å². The van der Waals surface area contributed by atoms with E-state index in [1.807, 2.05) is 0 Å². The van der Waals surface area contributed by atoms with E-state index in [4.69, 9.17) is 0 Å². The third-order valence-electron chi connectivity index (χ3n) is 16.1. The molecule has 74 heavy (non-hydrogen) atoms. The largest absolute Gasteiger partial charge is 0.314 e. The highest BCUT2D eigenvalue weighted by Gasteiger charge is 2.32. The van der Waals surface area contributed by atoms with Gasteiger partial charge >= 0.3 is 0 Å². The third kappa shape index (κ3) is 6.09. The highest BCUT2D eigenvalue weighted by atomic mass is 15.2. The van der Waals surface area contributed by atoms with Crippen molar-refractivity contribution >= 4 is 105 Å². The van der Waals surface area contributed by atoms with Crippen LogP contribution in [0.15, 0.2) is 236 Å². The summed E-state index contributed by atoms with van der Waals surface area (Å²) in [6.07, 6.45) is 10.8. The van der Waals surface area contributed by atoms with Crippen molar-refractivity contribution in [3.8, 4) is 22.3 Å². The number of aromatic nitrogens is 2. The molecule has 0 saturated carbocycles. The first-order valence-electron chi connectivity index (χ1n) is 26.4. The molecule has 4 aromatic heterocycles. The minimum Gasteiger partial charge on any atom is -0.314 e. The van der Waals surface area contributed by atoms with E-state index in [1.54, 1.807) is 0 Å². The first-order chi connectivity index (χ1) is 36.7. The molecule has 0 bridgehead atoms. The zero-order chi connectivity index (χ0) is 49.0. The Morgan fingerprint density at radius 1 is 0.378 bits per heavy atom. The van der Waals surface area contributed by atoms with Crippen molar-refractivity contribution in [3.05, 3.63) is 247 Å². The van der Waals surface area contributed by atoms with Crippen LogP contribution in [0.2, 0.25) is 0 Å². The van der Waals surface area contributed by atoms with Crippen LogP contribution in [0.4, 0.5) is 28.4 Å². The van der Waals surface area contributed by atoms with E-state index in [2.05, 4.69) is 263 Å². The summed E-state index contributed by atoms with van der Waals surface area (Å²) in [6, 6.07) is 79.6. The summed E-state index contributed by atoms with van der Waals surface area (Å²) in [5, 5.41) is 10.1. The first-order valence-corrected chi connectivity index (χ1v) is 26.4. The van der Waals surface area contributed by atoms with E-state index in [-0.39, 0.29) is 0 Å². The molecule has 15 rings (SSSR count). The normalized spacial score (nSPS) is 13.0. The molecule has 0 fully saturated rings. The van der Waals surface area contributed by atoms with Gasteiger partial charge in [-0.15, -0.1) is 0 Å². The number of anilines is 5. The van der Waals surface area contributed by atoms with E-state index in [9.17, 15) is 0 Å². The van der Waals surface area contributed by atoms with Crippen molar-refractivity contribution in [1.29, 1.82) is 0 Å². The average Bonchev–Trinajstić information content (AvgIpc) is 4.29. The fourth-order valence-corrected chi connectivity index (χ4v) is 12.9. The molecule has 4 nitrogen and oxygen atoms in total. The van der Waals surface area contributed by atoms with Gasteiger partial charge in [0.25, 0.3) is 0 Å². The van der Waals surface area contributed by atoms with E-state index in [1.165, 1.54) is 127 Å². The van der Waals surface area contributed by atoms with Gasteiger partial charge in [0.2, 0.25) is 0 Å². The maximum atomic E-state index is 2.65. The molecule has 4 heterocycles. The Kier molecular flexibility index (Phi) is 9.62. The predicted molar refractivity (Wildman–Crippen MR) is 315 cm³/mol. The number of hydrogen-bond acceptors (Lipinski definition) is 2. The average molecular weight is 949 g/mol. The van der Waals surface area contributed by atoms with Gasteiger partial charge in [-0.25, -0.2) is 0 Å². The van der Waals surface area contributed by atoms with Gasteiger partial charge < -0.3 is 18.6 Å². The Morgan fingerprint density at radius 2 is 0.797 bits per heavy atom. The van der Waals surface area contributed by atoms with Gasteiger partial charge in [-0.2, -0.15) is 0 Å². The lowest BCUT2D eigenvalue weighted by atomic mass is 9.89. The molecule has 0 aliphatic heterocycles. The molecule has 0 spiro atoms. The van der Waals surface area contributed by atoms with Crippen LogP contribution in [-0.4, -0.2) is 8.80 Å². The highest BCUT2D eigenvalue weighted by molar-refractivity contribution is 6.39. The summed E-state index contributed by atoms with van der Waals surface area (Å²) in [7, 11) is 0. The molecular formula is C70H52N4. The zero-order valence-electron chi connectivity index (χ0n) is 41.6. The van der Waals surface area contributed by atoms with Crippen molar-refractivity contribution < 1.29 is 0 Å². The van der Waals surface area contributed by atoms with Gasteiger partial charge in [0, 0.05) is 77.0 Å². The van der Waals surface area contributed by atoms with Crippen molar-refractivity contribution in [2.45, 2.75) is 39.5 Å². The van der Waals surface area contributed by atoms with Gasteiger partial charge in [0.1, 0.15) is 0 Å². The monoisotopic (exact) mass is 948 g/mol. The smallest absolute Gasteiger partial charge is 0.0634 e. The molecular weight excluding hydrogens is 897 g/mol. The third-order valence-corrected chi connectivity index (χ3v) is 16.1. The van der Waals surface area contributed by atoms with Crippen LogP contribution in [0.5, 0.6) is 0 Å². The molecule has 1 aliphatic rings. The number of para-hydroxylation sites is 3. The first kappa shape index (κ1) is 42.6. The predicted octanol–water partition coefficient (Wildman–Crippen LogP) is 19.3. The van der Waals surface area contributed by atoms with Crippen LogP contribution in [0, 0.1) is 0 Å². The number of allylic oxidation sites excluding steroid dienone is 4. The summed E-state index contributed by atoms with van der Waals surface area (Å²) < 4.78 is 5.28. The second kappa shape index (κ2) is 16.7. The maximum absolute atomic E-state index is 2.65. The van der Waals surface area contributed by atoms with Crippen molar-refractivity contribution in [3.63, 3.8) is 0 Å². The van der Waals surface area contributed by atoms with Gasteiger partial charge in [-0.05, 0) is 115 Å². The van der Waals surface area contributed by atoms with Crippen molar-refractivity contribution in [2.24, 2.45) is 0 Å². The van der Waals surface area contributed by atoms with Gasteiger partial charge in [0.05, 0.1) is 44.5 Å². The standard InChI is InChI=1S/C70H52N4/c1-3-45-37-41-51(42-38-45)71(49-25-13-7-14-26-49)57-33-19-35-59-63(57)53-29-17-31-55-65-62(48-23-11-6-12-24-48)70-66(61(47-21-9-5-10-22-47)69(65)73(59)67(53)55)56-32-18-30-54-64-58(34-20-36-60(64)74(70)68(54)56)72(50-27-15-8-16-28-50)52-43-39-46(4-2)40-44-52/h5-15,17-27,29-44H,3-4,16,28H2,1-2H3. The molecule has 1 aliphatic carbocycles. The van der Waals surface area contributed by atoms with Crippen LogP contribution < -0.4 is 9.80 Å². The van der Waals surface area contributed by atoms with Crippen LogP contribution in [0.25, 0.3) is 98.4 Å².